The molecule has 9 nitrogen and oxygen atoms in total. The van der Waals surface area contributed by atoms with E-state index in [-0.39, 0.29) is 40.7 Å². The van der Waals surface area contributed by atoms with E-state index in [1.807, 2.05) is 0 Å². The highest BCUT2D eigenvalue weighted by molar-refractivity contribution is 5.76. The summed E-state index contributed by atoms with van der Waals surface area (Å²) in [6, 6.07) is 1.77. The largest absolute Gasteiger partial charge is 0.338 e. The summed E-state index contributed by atoms with van der Waals surface area (Å²) in [6.07, 6.45) is 10.3. The van der Waals surface area contributed by atoms with Crippen LogP contribution in [0.25, 0.3) is 22.5 Å². The highest BCUT2D eigenvalue weighted by Crippen LogP contribution is 2.38. The first-order valence-electron chi connectivity index (χ1n) is 9.73. The van der Waals surface area contributed by atoms with Crippen LogP contribution >= 0.6 is 0 Å². The number of rotatable bonds is 4. The van der Waals surface area contributed by atoms with Crippen molar-refractivity contribution < 1.29 is 8.78 Å². The third-order valence-electron chi connectivity index (χ3n) is 5.39. The first kappa shape index (κ1) is 19.7. The molecule has 0 aliphatic heterocycles. The van der Waals surface area contributed by atoms with Crippen LogP contribution in [0.2, 0.25) is 0 Å². The molecule has 0 spiro atoms. The molecule has 3 heterocycles. The van der Waals surface area contributed by atoms with Crippen molar-refractivity contribution in [1.82, 2.24) is 34.1 Å². The number of benzene rings is 1. The molecule has 1 aliphatic carbocycles. The predicted molar refractivity (Wildman–Crippen MR) is 110 cm³/mol. The zero-order chi connectivity index (χ0) is 22.6. The molecule has 0 N–H and O–H groups in total. The van der Waals surface area contributed by atoms with Crippen LogP contribution in [0.4, 0.5) is 8.78 Å². The minimum absolute atomic E-state index is 0.0399. The molecule has 1 fully saturated rings. The van der Waals surface area contributed by atoms with Crippen molar-refractivity contribution >= 4 is 11.0 Å². The smallest absolute Gasteiger partial charge is 0.284 e. The topological polar surface area (TPSA) is 100 Å². The average Bonchev–Trinajstić information content (AvgIpc) is 3.55. The molecule has 0 atom stereocenters. The Morgan fingerprint density at radius 2 is 1.94 bits per heavy atom. The molecule has 11 heteroatoms. The highest BCUT2D eigenvalue weighted by Gasteiger charge is 2.27. The van der Waals surface area contributed by atoms with Gasteiger partial charge in [0.1, 0.15) is 5.52 Å². The number of aromatic nitrogens is 7. The van der Waals surface area contributed by atoms with Crippen LogP contribution < -0.4 is 11.2 Å². The lowest BCUT2D eigenvalue weighted by molar-refractivity contribution is 0.510. The summed E-state index contributed by atoms with van der Waals surface area (Å²) in [5.41, 5.74) is -0.580. The van der Waals surface area contributed by atoms with E-state index in [2.05, 4.69) is 26.2 Å². The predicted octanol–water partition coefficient (Wildman–Crippen LogP) is 1.62. The Kier molecular flexibility index (Phi) is 4.44. The second kappa shape index (κ2) is 7.19. The van der Waals surface area contributed by atoms with Gasteiger partial charge in [0.2, 0.25) is 0 Å². The van der Waals surface area contributed by atoms with Crippen LogP contribution in [-0.4, -0.2) is 34.1 Å². The van der Waals surface area contributed by atoms with E-state index in [1.165, 1.54) is 17.7 Å². The van der Waals surface area contributed by atoms with Gasteiger partial charge in [0.05, 0.1) is 29.6 Å². The van der Waals surface area contributed by atoms with Crippen molar-refractivity contribution in [1.29, 1.82) is 0 Å². The maximum Gasteiger partial charge on any atom is 0.338 e. The van der Waals surface area contributed by atoms with Crippen molar-refractivity contribution in [3.05, 3.63) is 68.4 Å². The van der Waals surface area contributed by atoms with Gasteiger partial charge in [-0.25, -0.2) is 27.8 Å². The number of terminal acetylenes is 1. The Balaban J connectivity index is 1.84. The van der Waals surface area contributed by atoms with Crippen molar-refractivity contribution in [2.45, 2.75) is 32.2 Å². The minimum atomic E-state index is -1.13. The van der Waals surface area contributed by atoms with Crippen molar-refractivity contribution in [3.8, 4) is 23.8 Å². The van der Waals surface area contributed by atoms with Crippen LogP contribution in [0, 0.1) is 30.9 Å². The normalized spacial score (nSPS) is 13.4. The Morgan fingerprint density at radius 1 is 1.19 bits per heavy atom. The maximum absolute atomic E-state index is 13.9. The van der Waals surface area contributed by atoms with Crippen LogP contribution in [-0.2, 0) is 6.54 Å². The molecule has 1 aliphatic rings. The number of hydrogen-bond acceptors (Lipinski definition) is 6. The molecule has 0 saturated heterocycles. The van der Waals surface area contributed by atoms with Crippen molar-refractivity contribution in [3.63, 3.8) is 0 Å². The molecule has 0 amide bonds. The lowest BCUT2D eigenvalue weighted by atomic mass is 10.2. The van der Waals surface area contributed by atoms with Gasteiger partial charge in [-0.3, -0.25) is 14.3 Å². The standard InChI is InChI=1S/C21H15F2N7O2/c1-3-6-28-11(2)19(30-17-8-14(23)13(22)7-15(17)26-27-30)20(31)29(21(28)32)18-10-24-9-16(25-18)12-4-5-12/h1,7-10,12H,4-6H2,2H3. The fraction of sp³-hybridized carbons (Fsp3) is 0.238. The minimum Gasteiger partial charge on any atom is -0.284 e. The molecular formula is C21H15F2N7O2. The maximum atomic E-state index is 13.9. The summed E-state index contributed by atoms with van der Waals surface area (Å²) in [5, 5.41) is 7.74. The Bertz CT molecular complexity index is 1560. The second-order valence-electron chi connectivity index (χ2n) is 7.48. The first-order valence-corrected chi connectivity index (χ1v) is 9.73. The molecule has 3 aromatic heterocycles. The molecular weight excluding hydrogens is 420 g/mol. The highest BCUT2D eigenvalue weighted by atomic mass is 19.2. The first-order chi connectivity index (χ1) is 15.4. The lowest BCUT2D eigenvalue weighted by Gasteiger charge is -2.15. The number of fused-ring (bicyclic) bond motifs is 1. The molecule has 5 rings (SSSR count). The van der Waals surface area contributed by atoms with Gasteiger partial charge in [0.25, 0.3) is 5.56 Å². The molecule has 32 heavy (non-hydrogen) atoms. The second-order valence-corrected chi connectivity index (χ2v) is 7.48. The van der Waals surface area contributed by atoms with Gasteiger partial charge >= 0.3 is 5.69 Å². The van der Waals surface area contributed by atoms with Crippen LogP contribution in [0.3, 0.4) is 0 Å². The van der Waals surface area contributed by atoms with Gasteiger partial charge in [-0.2, -0.15) is 0 Å². The number of nitrogens with zero attached hydrogens (tertiary/aromatic N) is 7. The van der Waals surface area contributed by atoms with E-state index in [9.17, 15) is 18.4 Å². The summed E-state index contributed by atoms with van der Waals surface area (Å²) in [5.74, 6) is 0.450. The molecule has 4 aromatic rings. The summed E-state index contributed by atoms with van der Waals surface area (Å²) in [6.45, 7) is 1.38. The number of halogens is 2. The molecule has 0 radical (unpaired) electrons. The summed E-state index contributed by atoms with van der Waals surface area (Å²) in [4.78, 5) is 35.3. The quantitative estimate of drug-likeness (QED) is 0.452. The lowest BCUT2D eigenvalue weighted by Crippen LogP contribution is -2.42. The van der Waals surface area contributed by atoms with Crippen LogP contribution in [0.1, 0.15) is 30.1 Å². The van der Waals surface area contributed by atoms with Gasteiger partial charge in [0, 0.05) is 24.2 Å². The van der Waals surface area contributed by atoms with E-state index in [4.69, 9.17) is 6.42 Å². The molecule has 1 saturated carbocycles. The SMILES string of the molecule is C#CCn1c(C)c(-n2nnc3cc(F)c(F)cc32)c(=O)n(-c2cncc(C3CC3)n2)c1=O. The summed E-state index contributed by atoms with van der Waals surface area (Å²) in [7, 11) is 0. The van der Waals surface area contributed by atoms with Gasteiger partial charge in [-0.1, -0.05) is 11.1 Å². The summed E-state index contributed by atoms with van der Waals surface area (Å²) >= 11 is 0. The molecule has 160 valence electrons. The zero-order valence-corrected chi connectivity index (χ0v) is 16.8. The van der Waals surface area contributed by atoms with Gasteiger partial charge in [-0.15, -0.1) is 11.5 Å². The molecule has 0 bridgehead atoms. The van der Waals surface area contributed by atoms with E-state index in [0.717, 1.165) is 34.2 Å². The fourth-order valence-corrected chi connectivity index (χ4v) is 3.60. The molecule has 0 unspecified atom stereocenters. The third kappa shape index (κ3) is 2.99. The van der Waals surface area contributed by atoms with Gasteiger partial charge in [-0.05, 0) is 19.8 Å². The molecule has 1 aromatic carbocycles. The fourth-order valence-electron chi connectivity index (χ4n) is 3.60. The Labute approximate surface area is 179 Å². The Hall–Kier alpha value is -4.20. The van der Waals surface area contributed by atoms with Gasteiger partial charge < -0.3 is 0 Å². The van der Waals surface area contributed by atoms with Crippen LogP contribution in [0.5, 0.6) is 0 Å². The van der Waals surface area contributed by atoms with E-state index in [0.29, 0.717) is 5.69 Å². The van der Waals surface area contributed by atoms with E-state index in [1.54, 1.807) is 6.20 Å². The van der Waals surface area contributed by atoms with E-state index < -0.39 is 22.9 Å². The van der Waals surface area contributed by atoms with Gasteiger partial charge in [0.15, 0.2) is 23.1 Å². The third-order valence-corrected chi connectivity index (χ3v) is 5.39. The summed E-state index contributed by atoms with van der Waals surface area (Å²) < 4.78 is 30.7. The monoisotopic (exact) mass is 435 g/mol. The number of hydrogen-bond donors (Lipinski definition) is 0. The average molecular weight is 435 g/mol. The van der Waals surface area contributed by atoms with Crippen LogP contribution in [0.15, 0.2) is 34.1 Å². The van der Waals surface area contributed by atoms with Crippen molar-refractivity contribution in [2.75, 3.05) is 0 Å². The van der Waals surface area contributed by atoms with Crippen molar-refractivity contribution in [2.24, 2.45) is 0 Å². The van der Waals surface area contributed by atoms with E-state index >= 15 is 0 Å². The zero-order valence-electron chi connectivity index (χ0n) is 16.8. The Morgan fingerprint density at radius 3 is 2.66 bits per heavy atom.